The maximum atomic E-state index is 10.9. The van der Waals surface area contributed by atoms with Crippen molar-refractivity contribution in [1.29, 1.82) is 0 Å². The number of halogens is 1. The molecule has 1 aromatic heterocycles. The van der Waals surface area contributed by atoms with E-state index in [-0.39, 0.29) is 5.82 Å². The second kappa shape index (κ2) is 4.70. The molecule has 0 atom stereocenters. The van der Waals surface area contributed by atoms with E-state index in [0.29, 0.717) is 22.0 Å². The highest BCUT2D eigenvalue weighted by molar-refractivity contribution is 6.30. The van der Waals surface area contributed by atoms with Crippen LogP contribution in [0, 0.1) is 0 Å². The number of methoxy groups -OCH3 is 1. The summed E-state index contributed by atoms with van der Waals surface area (Å²) in [5, 5.41) is 9.50. The van der Waals surface area contributed by atoms with E-state index in [1.807, 2.05) is 0 Å². The molecular weight excluding hydrogens is 256 g/mol. The second-order valence-electron chi connectivity index (χ2n) is 3.71. The average Bonchev–Trinajstić information content (AvgIpc) is 2.71. The lowest BCUT2D eigenvalue weighted by Gasteiger charge is -2.06. The average molecular weight is 267 g/mol. The highest BCUT2D eigenvalue weighted by Crippen LogP contribution is 2.31. The molecule has 0 amide bonds. The Morgan fingerprint density at radius 2 is 2.22 bits per heavy atom. The van der Waals surface area contributed by atoms with Crippen LogP contribution in [0.2, 0.25) is 5.02 Å². The Kier molecular flexibility index (Phi) is 3.25. The van der Waals surface area contributed by atoms with E-state index in [4.69, 9.17) is 21.4 Å². The minimum atomic E-state index is -1.08. The molecule has 18 heavy (non-hydrogen) atoms. The molecule has 1 heterocycles. The number of imidazole rings is 1. The number of aryl methyl sites for hydroxylation is 1. The van der Waals surface area contributed by atoms with Crippen LogP contribution in [0.15, 0.2) is 24.4 Å². The van der Waals surface area contributed by atoms with Crippen LogP contribution in [0.4, 0.5) is 0 Å². The van der Waals surface area contributed by atoms with Crippen LogP contribution in [-0.4, -0.2) is 27.7 Å². The molecule has 94 valence electrons. The number of hydrogen-bond acceptors (Lipinski definition) is 3. The summed E-state index contributed by atoms with van der Waals surface area (Å²) in [4.78, 5) is 15.0. The first-order valence-electron chi connectivity index (χ1n) is 5.13. The van der Waals surface area contributed by atoms with Crippen molar-refractivity contribution in [1.82, 2.24) is 9.55 Å². The van der Waals surface area contributed by atoms with Crippen LogP contribution in [0.25, 0.3) is 11.3 Å². The maximum absolute atomic E-state index is 10.9. The van der Waals surface area contributed by atoms with Crippen LogP contribution < -0.4 is 4.74 Å². The first-order chi connectivity index (χ1) is 8.52. The van der Waals surface area contributed by atoms with Crippen LogP contribution in [0.3, 0.4) is 0 Å². The quantitative estimate of drug-likeness (QED) is 0.927. The van der Waals surface area contributed by atoms with Crippen molar-refractivity contribution < 1.29 is 14.6 Å². The SMILES string of the molecule is COc1ccc(Cl)cc1-c1cn(C)c(C(=O)O)n1. The molecule has 6 heteroatoms. The van der Waals surface area contributed by atoms with Crippen molar-refractivity contribution in [2.24, 2.45) is 7.05 Å². The smallest absolute Gasteiger partial charge is 0.372 e. The third-order valence-electron chi connectivity index (χ3n) is 2.51. The Bertz CT molecular complexity index is 607. The van der Waals surface area contributed by atoms with E-state index >= 15 is 0 Å². The van der Waals surface area contributed by atoms with Crippen LogP contribution in [-0.2, 0) is 7.05 Å². The predicted molar refractivity (Wildman–Crippen MR) is 67.2 cm³/mol. The fraction of sp³-hybridized carbons (Fsp3) is 0.167. The predicted octanol–water partition coefficient (Wildman–Crippen LogP) is 2.45. The third kappa shape index (κ3) is 2.17. The normalized spacial score (nSPS) is 10.4. The van der Waals surface area contributed by atoms with Gasteiger partial charge in [0.2, 0.25) is 5.82 Å². The van der Waals surface area contributed by atoms with E-state index in [1.165, 1.54) is 11.7 Å². The molecule has 0 saturated heterocycles. The lowest BCUT2D eigenvalue weighted by molar-refractivity contribution is 0.0680. The van der Waals surface area contributed by atoms with Crippen molar-refractivity contribution in [2.75, 3.05) is 7.11 Å². The van der Waals surface area contributed by atoms with E-state index in [9.17, 15) is 4.79 Å². The molecule has 5 nitrogen and oxygen atoms in total. The number of hydrogen-bond donors (Lipinski definition) is 1. The monoisotopic (exact) mass is 266 g/mol. The number of aromatic carboxylic acids is 1. The molecule has 0 radical (unpaired) electrons. The van der Waals surface area contributed by atoms with Gasteiger partial charge in [-0.05, 0) is 18.2 Å². The van der Waals surface area contributed by atoms with E-state index in [2.05, 4.69) is 4.98 Å². The van der Waals surface area contributed by atoms with Gasteiger partial charge in [-0.1, -0.05) is 11.6 Å². The molecule has 0 aliphatic carbocycles. The summed E-state index contributed by atoms with van der Waals surface area (Å²) in [6.45, 7) is 0. The molecule has 2 aromatic rings. The largest absolute Gasteiger partial charge is 0.496 e. The van der Waals surface area contributed by atoms with Gasteiger partial charge in [-0.15, -0.1) is 0 Å². The summed E-state index contributed by atoms with van der Waals surface area (Å²) in [6.07, 6.45) is 1.62. The molecule has 0 fully saturated rings. The number of ether oxygens (including phenoxy) is 1. The fourth-order valence-electron chi connectivity index (χ4n) is 1.68. The summed E-state index contributed by atoms with van der Waals surface area (Å²) in [7, 11) is 3.16. The molecule has 2 rings (SSSR count). The molecule has 0 aliphatic rings. The van der Waals surface area contributed by atoms with Crippen molar-refractivity contribution in [3.63, 3.8) is 0 Å². The molecular formula is C12H11ClN2O3. The molecule has 0 saturated carbocycles. The summed E-state index contributed by atoms with van der Waals surface area (Å²) >= 11 is 5.93. The summed E-state index contributed by atoms with van der Waals surface area (Å²) in [5.41, 5.74) is 1.17. The van der Waals surface area contributed by atoms with Crippen molar-refractivity contribution >= 4 is 17.6 Å². The standard InChI is InChI=1S/C12H11ClN2O3/c1-15-6-9(14-11(15)12(16)17)8-5-7(13)3-4-10(8)18-2/h3-6H,1-2H3,(H,16,17). The van der Waals surface area contributed by atoms with Gasteiger partial charge >= 0.3 is 5.97 Å². The Morgan fingerprint density at radius 3 is 2.78 bits per heavy atom. The zero-order valence-electron chi connectivity index (χ0n) is 9.85. The van der Waals surface area contributed by atoms with Gasteiger partial charge in [-0.2, -0.15) is 0 Å². The minimum Gasteiger partial charge on any atom is -0.496 e. The highest BCUT2D eigenvalue weighted by atomic mass is 35.5. The van der Waals surface area contributed by atoms with Crippen LogP contribution in [0.5, 0.6) is 5.75 Å². The number of benzene rings is 1. The van der Waals surface area contributed by atoms with Crippen molar-refractivity contribution in [2.45, 2.75) is 0 Å². The lowest BCUT2D eigenvalue weighted by Crippen LogP contribution is -2.05. The number of carbonyl (C=O) groups is 1. The molecule has 0 unspecified atom stereocenters. The summed E-state index contributed by atoms with van der Waals surface area (Å²) < 4.78 is 6.65. The van der Waals surface area contributed by atoms with Gasteiger partial charge in [0, 0.05) is 23.8 Å². The van der Waals surface area contributed by atoms with E-state index in [0.717, 1.165) is 0 Å². The molecule has 0 bridgehead atoms. The van der Waals surface area contributed by atoms with Gasteiger partial charge in [-0.3, -0.25) is 0 Å². The first kappa shape index (κ1) is 12.4. The Labute approximate surface area is 109 Å². The number of aromatic nitrogens is 2. The zero-order chi connectivity index (χ0) is 13.3. The number of rotatable bonds is 3. The fourth-order valence-corrected chi connectivity index (χ4v) is 1.85. The maximum Gasteiger partial charge on any atom is 0.372 e. The van der Waals surface area contributed by atoms with Gasteiger partial charge in [0.25, 0.3) is 0 Å². The van der Waals surface area contributed by atoms with Crippen LogP contribution in [0.1, 0.15) is 10.6 Å². The zero-order valence-corrected chi connectivity index (χ0v) is 10.6. The Balaban J connectivity index is 2.58. The minimum absolute atomic E-state index is 0.0352. The lowest BCUT2D eigenvalue weighted by atomic mass is 10.1. The van der Waals surface area contributed by atoms with E-state index in [1.54, 1.807) is 31.4 Å². The van der Waals surface area contributed by atoms with Gasteiger partial charge in [0.1, 0.15) is 5.75 Å². The number of nitrogens with zero attached hydrogens (tertiary/aromatic N) is 2. The topological polar surface area (TPSA) is 64.3 Å². The van der Waals surface area contributed by atoms with Gasteiger partial charge < -0.3 is 14.4 Å². The summed E-state index contributed by atoms with van der Waals surface area (Å²) in [6, 6.07) is 5.10. The molecule has 0 aliphatic heterocycles. The molecule has 1 N–H and O–H groups in total. The Morgan fingerprint density at radius 1 is 1.50 bits per heavy atom. The van der Waals surface area contributed by atoms with E-state index < -0.39 is 5.97 Å². The van der Waals surface area contributed by atoms with Gasteiger partial charge in [0.15, 0.2) is 0 Å². The van der Waals surface area contributed by atoms with Crippen molar-refractivity contribution in [3.05, 3.63) is 35.2 Å². The van der Waals surface area contributed by atoms with Crippen molar-refractivity contribution in [3.8, 4) is 17.0 Å². The van der Waals surface area contributed by atoms with Gasteiger partial charge in [-0.25, -0.2) is 9.78 Å². The van der Waals surface area contributed by atoms with Gasteiger partial charge in [0.05, 0.1) is 12.8 Å². The Hall–Kier alpha value is -2.01. The molecule has 1 aromatic carbocycles. The third-order valence-corrected chi connectivity index (χ3v) is 2.74. The first-order valence-corrected chi connectivity index (χ1v) is 5.51. The molecule has 0 spiro atoms. The summed E-state index contributed by atoms with van der Waals surface area (Å²) in [5.74, 6) is -0.522. The number of carboxylic acid groups (broad SMARTS) is 1. The number of carboxylic acids is 1. The highest BCUT2D eigenvalue weighted by Gasteiger charge is 2.16. The second-order valence-corrected chi connectivity index (χ2v) is 4.15. The van der Waals surface area contributed by atoms with Crippen LogP contribution >= 0.6 is 11.6 Å².